The summed E-state index contributed by atoms with van der Waals surface area (Å²) >= 11 is 0. The minimum absolute atomic E-state index is 0.0169. The fourth-order valence-electron chi connectivity index (χ4n) is 4.67. The summed E-state index contributed by atoms with van der Waals surface area (Å²) in [4.78, 5) is 40.3. The number of hydrogen-bond acceptors (Lipinski definition) is 4. The van der Waals surface area contributed by atoms with Gasteiger partial charge in [0.2, 0.25) is 11.8 Å². The van der Waals surface area contributed by atoms with Gasteiger partial charge in [-0.1, -0.05) is 6.07 Å². The van der Waals surface area contributed by atoms with Crippen molar-refractivity contribution in [3.63, 3.8) is 0 Å². The zero-order chi connectivity index (χ0) is 21.3. The number of hydrogen-bond donors (Lipinski definition) is 2. The molecule has 2 saturated heterocycles. The molecule has 0 radical (unpaired) electrons. The molecule has 7 nitrogen and oxygen atoms in total. The number of aliphatic hydroxyl groups excluding tert-OH is 1. The molecule has 2 aliphatic heterocycles. The molecule has 0 bridgehead atoms. The van der Waals surface area contributed by atoms with Crippen LogP contribution >= 0.6 is 0 Å². The summed E-state index contributed by atoms with van der Waals surface area (Å²) in [5.41, 5.74) is 1.27. The molecule has 2 atom stereocenters. The van der Waals surface area contributed by atoms with Gasteiger partial charge in [-0.25, -0.2) is 4.39 Å². The summed E-state index contributed by atoms with van der Waals surface area (Å²) in [5, 5.41) is 12.6. The van der Waals surface area contributed by atoms with Crippen molar-refractivity contribution < 1.29 is 23.9 Å². The zero-order valence-corrected chi connectivity index (χ0v) is 16.9. The van der Waals surface area contributed by atoms with E-state index >= 15 is 0 Å². The van der Waals surface area contributed by atoms with Gasteiger partial charge in [-0.15, -0.1) is 0 Å². The quantitative estimate of drug-likeness (QED) is 0.780. The van der Waals surface area contributed by atoms with Crippen LogP contribution in [0, 0.1) is 5.92 Å². The average Bonchev–Trinajstić information content (AvgIpc) is 3.33. The van der Waals surface area contributed by atoms with E-state index in [1.54, 1.807) is 23.1 Å². The molecule has 1 aromatic carbocycles. The minimum Gasteiger partial charge on any atom is -0.388 e. The maximum atomic E-state index is 13.5. The number of amides is 3. The highest BCUT2D eigenvalue weighted by Crippen LogP contribution is 2.28. The van der Waals surface area contributed by atoms with Crippen molar-refractivity contribution in [1.29, 1.82) is 0 Å². The highest BCUT2D eigenvalue weighted by atomic mass is 19.1. The van der Waals surface area contributed by atoms with Crippen LogP contribution in [-0.4, -0.2) is 65.7 Å². The van der Waals surface area contributed by atoms with Crippen molar-refractivity contribution in [1.82, 2.24) is 10.2 Å². The number of anilines is 1. The van der Waals surface area contributed by atoms with Gasteiger partial charge in [-0.2, -0.15) is 0 Å². The largest absolute Gasteiger partial charge is 0.388 e. The molecule has 0 aromatic heterocycles. The van der Waals surface area contributed by atoms with Gasteiger partial charge in [-0.3, -0.25) is 14.4 Å². The molecule has 8 heteroatoms. The fraction of sp³-hybridized carbons (Fsp3) is 0.591. The molecule has 0 spiro atoms. The fourth-order valence-corrected chi connectivity index (χ4v) is 4.67. The van der Waals surface area contributed by atoms with Gasteiger partial charge < -0.3 is 20.2 Å². The topological polar surface area (TPSA) is 89.9 Å². The molecule has 1 aromatic rings. The number of carbonyl (C=O) groups excluding carboxylic acids is 3. The van der Waals surface area contributed by atoms with Crippen molar-refractivity contribution in [2.24, 2.45) is 5.92 Å². The lowest BCUT2D eigenvalue weighted by Gasteiger charge is -2.30. The van der Waals surface area contributed by atoms with Gasteiger partial charge in [0.25, 0.3) is 5.91 Å². The first kappa shape index (κ1) is 20.8. The normalized spacial score (nSPS) is 29.3. The molecule has 3 aliphatic rings. The summed E-state index contributed by atoms with van der Waals surface area (Å²) in [6.07, 6.45) is 1.56. The maximum Gasteiger partial charge on any atom is 0.251 e. The van der Waals surface area contributed by atoms with Gasteiger partial charge in [0.05, 0.1) is 6.54 Å². The maximum absolute atomic E-state index is 13.5. The second kappa shape index (κ2) is 8.71. The van der Waals surface area contributed by atoms with Crippen LogP contribution in [0.1, 0.15) is 48.9 Å². The predicted octanol–water partition coefficient (Wildman–Crippen LogP) is 1.64. The predicted molar refractivity (Wildman–Crippen MR) is 109 cm³/mol. The monoisotopic (exact) mass is 417 g/mol. The summed E-state index contributed by atoms with van der Waals surface area (Å²) < 4.78 is 13.5. The second-order valence-corrected chi connectivity index (χ2v) is 8.55. The van der Waals surface area contributed by atoms with E-state index in [4.69, 9.17) is 0 Å². The van der Waals surface area contributed by atoms with Crippen LogP contribution < -0.4 is 10.2 Å². The summed E-state index contributed by atoms with van der Waals surface area (Å²) in [6, 6.07) is 7.10. The number of β-amino-alcohol motifs (C(OH)–C–C–N with tert-alkyl or cyclic N) is 1. The first-order chi connectivity index (χ1) is 14.4. The Bertz CT molecular complexity index is 814. The van der Waals surface area contributed by atoms with Crippen molar-refractivity contribution in [3.8, 4) is 0 Å². The molecule has 162 valence electrons. The van der Waals surface area contributed by atoms with E-state index in [9.17, 15) is 23.9 Å². The van der Waals surface area contributed by atoms with Crippen LogP contribution in [0.25, 0.3) is 0 Å². The average molecular weight is 417 g/mol. The first-order valence-corrected chi connectivity index (χ1v) is 10.7. The molecular weight excluding hydrogens is 389 g/mol. The Morgan fingerprint density at radius 2 is 1.90 bits per heavy atom. The van der Waals surface area contributed by atoms with Crippen LogP contribution in [0.15, 0.2) is 24.3 Å². The summed E-state index contributed by atoms with van der Waals surface area (Å²) in [7, 11) is 0. The van der Waals surface area contributed by atoms with E-state index in [2.05, 4.69) is 5.32 Å². The van der Waals surface area contributed by atoms with Crippen LogP contribution in [0.5, 0.6) is 0 Å². The van der Waals surface area contributed by atoms with Crippen molar-refractivity contribution in [3.05, 3.63) is 29.8 Å². The van der Waals surface area contributed by atoms with E-state index in [1.807, 2.05) is 6.07 Å². The molecule has 3 amide bonds. The number of aliphatic hydroxyl groups is 1. The summed E-state index contributed by atoms with van der Waals surface area (Å²) in [5.74, 6) is -0.372. The third kappa shape index (κ3) is 4.33. The lowest BCUT2D eigenvalue weighted by molar-refractivity contribution is -0.136. The van der Waals surface area contributed by atoms with Crippen LogP contribution in [-0.2, 0) is 9.59 Å². The lowest BCUT2D eigenvalue weighted by Crippen LogP contribution is -2.42. The van der Waals surface area contributed by atoms with E-state index in [1.165, 1.54) is 4.90 Å². The van der Waals surface area contributed by atoms with Crippen LogP contribution in [0.4, 0.5) is 10.1 Å². The number of rotatable bonds is 4. The molecular formula is C22H28FN3O4. The second-order valence-electron chi connectivity index (χ2n) is 8.55. The lowest BCUT2D eigenvalue weighted by atomic mass is 9.85. The Hall–Kier alpha value is -2.48. The number of carbonyl (C=O) groups is 3. The number of alkyl halides is 1. The van der Waals surface area contributed by atoms with Crippen molar-refractivity contribution >= 4 is 23.4 Å². The first-order valence-electron chi connectivity index (χ1n) is 10.7. The number of likely N-dealkylation sites (tertiary alicyclic amines) is 1. The molecule has 1 aliphatic carbocycles. The molecule has 3 fully saturated rings. The number of nitrogens with one attached hydrogen (secondary N) is 1. The third-order valence-electron chi connectivity index (χ3n) is 6.44. The Morgan fingerprint density at radius 1 is 1.13 bits per heavy atom. The molecule has 2 heterocycles. The Kier molecular flexibility index (Phi) is 6.04. The summed E-state index contributed by atoms with van der Waals surface area (Å²) in [6.45, 7) is 0.707. The smallest absolute Gasteiger partial charge is 0.251 e. The number of nitrogens with zero attached hydrogens (tertiary/aromatic N) is 2. The molecule has 30 heavy (non-hydrogen) atoms. The van der Waals surface area contributed by atoms with Crippen LogP contribution in [0.3, 0.4) is 0 Å². The highest BCUT2D eigenvalue weighted by molar-refractivity contribution is 5.99. The number of halogens is 1. The third-order valence-corrected chi connectivity index (χ3v) is 6.44. The Labute approximate surface area is 175 Å². The van der Waals surface area contributed by atoms with E-state index < -0.39 is 12.3 Å². The molecule has 4 rings (SSSR count). The Balaban J connectivity index is 1.29. The SMILES string of the molecule is O=C(NC1CCC(C(=O)N2C[C@@H](O)[C@H](F)C2)CC1)c1cccc(N2CCCC2=O)c1. The molecule has 0 unspecified atom stereocenters. The van der Waals surface area contributed by atoms with E-state index in [0.29, 0.717) is 44.2 Å². The van der Waals surface area contributed by atoms with Gasteiger partial charge in [0, 0.05) is 42.7 Å². The zero-order valence-electron chi connectivity index (χ0n) is 16.9. The van der Waals surface area contributed by atoms with Crippen LogP contribution in [0.2, 0.25) is 0 Å². The Morgan fingerprint density at radius 3 is 2.53 bits per heavy atom. The van der Waals surface area contributed by atoms with E-state index in [0.717, 1.165) is 12.1 Å². The van der Waals surface area contributed by atoms with Gasteiger partial charge >= 0.3 is 0 Å². The standard InChI is InChI=1S/C22H28FN3O4/c23-18-12-25(13-19(18)27)22(30)14-6-8-16(9-7-14)24-21(29)15-3-1-4-17(11-15)26-10-2-5-20(26)28/h1,3-4,11,14,16,18-19,27H,2,5-10,12-13H2,(H,24,29)/t14?,16?,18-,19-/m1/s1. The highest BCUT2D eigenvalue weighted by Gasteiger charge is 2.38. The van der Waals surface area contributed by atoms with Gasteiger partial charge in [0.15, 0.2) is 0 Å². The molecule has 1 saturated carbocycles. The number of benzene rings is 1. The van der Waals surface area contributed by atoms with E-state index in [-0.39, 0.29) is 42.8 Å². The minimum atomic E-state index is -1.36. The van der Waals surface area contributed by atoms with Gasteiger partial charge in [0.1, 0.15) is 12.3 Å². The van der Waals surface area contributed by atoms with Crippen molar-refractivity contribution in [2.75, 3.05) is 24.5 Å². The molecule has 2 N–H and O–H groups in total. The van der Waals surface area contributed by atoms with Gasteiger partial charge in [-0.05, 0) is 50.3 Å². The van der Waals surface area contributed by atoms with Crippen molar-refractivity contribution in [2.45, 2.75) is 56.8 Å².